The van der Waals surface area contributed by atoms with E-state index in [0.29, 0.717) is 36.9 Å². The molecule has 2 aromatic rings. The van der Waals surface area contributed by atoms with Gasteiger partial charge < -0.3 is 48.9 Å². The molecule has 6 amide bonds. The molecule has 0 aliphatic rings. The summed E-state index contributed by atoms with van der Waals surface area (Å²) in [5.74, 6) is -4.28. The fourth-order valence-electron chi connectivity index (χ4n) is 5.47. The summed E-state index contributed by atoms with van der Waals surface area (Å²) in [6, 6.07) is 8.63. The zero-order valence-corrected chi connectivity index (χ0v) is 31.4. The van der Waals surface area contributed by atoms with E-state index >= 15 is 0 Å². The smallest absolute Gasteiger partial charge is 0.243 e. The zero-order chi connectivity index (χ0) is 39.7. The number of phenols is 1. The average Bonchev–Trinajstić information content (AvgIpc) is 3.10. The number of rotatable bonds is 22. The molecule has 0 heterocycles. The number of phenolic OH excluding ortho intramolecular Hbond substituents is 1. The third-order valence-electron chi connectivity index (χ3n) is 8.60. The maximum absolute atomic E-state index is 14.0. The highest BCUT2D eigenvalue weighted by atomic mass is 16.3. The maximum Gasteiger partial charge on any atom is 0.243 e. The first-order valence-corrected chi connectivity index (χ1v) is 18.1. The van der Waals surface area contributed by atoms with Gasteiger partial charge in [-0.1, -0.05) is 76.6 Å². The summed E-state index contributed by atoms with van der Waals surface area (Å²) in [5.41, 5.74) is 18.3. The van der Waals surface area contributed by atoms with Gasteiger partial charge in [-0.05, 0) is 67.8 Å². The number of unbranched alkanes of at least 4 members (excludes halogenated alkanes) is 1. The number of hydrogen-bond acceptors (Lipinski definition) is 9. The molecule has 2 rings (SSSR count). The molecule has 2 aromatic carbocycles. The molecule has 0 bridgehead atoms. The van der Waals surface area contributed by atoms with Gasteiger partial charge in [0.15, 0.2) is 0 Å². The summed E-state index contributed by atoms with van der Waals surface area (Å²) in [7, 11) is 0. The average molecular weight is 739 g/mol. The van der Waals surface area contributed by atoms with Crippen LogP contribution in [0.15, 0.2) is 54.6 Å². The van der Waals surface area contributed by atoms with Crippen LogP contribution in [0.3, 0.4) is 0 Å². The third-order valence-corrected chi connectivity index (χ3v) is 8.60. The zero-order valence-electron chi connectivity index (χ0n) is 31.4. The molecule has 0 unspecified atom stereocenters. The van der Waals surface area contributed by atoms with Crippen molar-refractivity contribution in [1.82, 2.24) is 26.6 Å². The number of carbonyl (C=O) groups excluding carboxylic acids is 6. The topological polar surface area (TPSA) is 261 Å². The summed E-state index contributed by atoms with van der Waals surface area (Å²) in [4.78, 5) is 79.5. The summed E-state index contributed by atoms with van der Waals surface area (Å²) in [5, 5.41) is 23.2. The predicted molar refractivity (Wildman–Crippen MR) is 202 cm³/mol. The Bertz CT molecular complexity index is 1500. The highest BCUT2D eigenvalue weighted by molar-refractivity contribution is 5.96. The Labute approximate surface area is 312 Å². The van der Waals surface area contributed by atoms with Gasteiger partial charge in [0.1, 0.15) is 36.0 Å². The van der Waals surface area contributed by atoms with Crippen LogP contribution in [0.2, 0.25) is 0 Å². The number of amides is 6. The second kappa shape index (κ2) is 22.1. The fraction of sp³-hybridized carbons (Fsp3) is 0.526. The molecule has 0 aromatic heterocycles. The Morgan fingerprint density at radius 2 is 1.15 bits per heavy atom. The van der Waals surface area contributed by atoms with Crippen molar-refractivity contribution < 1.29 is 33.9 Å². The minimum atomic E-state index is -1.20. The Morgan fingerprint density at radius 1 is 0.642 bits per heavy atom. The number of benzene rings is 2. The van der Waals surface area contributed by atoms with Crippen molar-refractivity contribution in [3.05, 3.63) is 65.7 Å². The van der Waals surface area contributed by atoms with Gasteiger partial charge in [-0.2, -0.15) is 0 Å². The van der Waals surface area contributed by atoms with Crippen LogP contribution in [0.5, 0.6) is 5.75 Å². The SMILES string of the molecule is CC(C)C[C@@H](NC(=O)[C@H](N)CCCCN)C(=O)N[C@@H](C(=O)N[C@H](Cc1ccccc1)C(=O)N[C@H](Cc1ccc(O)cc1)C(=O)N[C@H](C)C(N)=O)C(C)C. The van der Waals surface area contributed by atoms with Crippen molar-refractivity contribution in [3.8, 4) is 5.75 Å². The van der Waals surface area contributed by atoms with E-state index in [4.69, 9.17) is 17.2 Å². The largest absolute Gasteiger partial charge is 0.508 e. The molecule has 292 valence electrons. The van der Waals surface area contributed by atoms with Gasteiger partial charge in [-0.25, -0.2) is 0 Å². The molecule has 0 saturated carbocycles. The van der Waals surface area contributed by atoms with Gasteiger partial charge in [0.2, 0.25) is 35.4 Å². The molecular weight excluding hydrogens is 680 g/mol. The van der Waals surface area contributed by atoms with E-state index in [2.05, 4.69) is 26.6 Å². The van der Waals surface area contributed by atoms with Gasteiger partial charge >= 0.3 is 0 Å². The second-order valence-corrected chi connectivity index (χ2v) is 14.1. The van der Waals surface area contributed by atoms with E-state index in [9.17, 15) is 33.9 Å². The molecule has 0 spiro atoms. The van der Waals surface area contributed by atoms with Crippen LogP contribution in [-0.2, 0) is 41.6 Å². The van der Waals surface area contributed by atoms with Gasteiger partial charge in [-0.3, -0.25) is 28.8 Å². The number of nitrogens with one attached hydrogen (secondary N) is 5. The molecule has 6 atom stereocenters. The molecule has 0 aliphatic carbocycles. The van der Waals surface area contributed by atoms with Crippen LogP contribution in [0.4, 0.5) is 0 Å². The molecule has 53 heavy (non-hydrogen) atoms. The Hall–Kier alpha value is -5.02. The molecule has 15 heteroatoms. The predicted octanol–water partition coefficient (Wildman–Crippen LogP) is 0.265. The van der Waals surface area contributed by atoms with Crippen molar-refractivity contribution in [2.45, 2.75) is 109 Å². The minimum absolute atomic E-state index is 0.0124. The standard InChI is InChI=1S/C38H58N8O7/c1-22(2)19-29(43-34(49)28(40)13-9-10-18-39)37(52)46-32(23(3)4)38(53)45-31(20-25-11-7-6-8-12-25)36(51)44-30(35(50)42-24(5)33(41)48)21-26-14-16-27(47)17-15-26/h6-8,11-12,14-17,22-24,28-32,47H,9-10,13,18-21,39-40H2,1-5H3,(H2,41,48)(H,42,50)(H,43,49)(H,44,51)(H,45,53)(H,46,52)/t24-,28-,29-,30-,31-,32-/m1/s1. The molecule has 0 radical (unpaired) electrons. The Morgan fingerprint density at radius 3 is 1.68 bits per heavy atom. The van der Waals surface area contributed by atoms with Gasteiger partial charge in [0.05, 0.1) is 6.04 Å². The van der Waals surface area contributed by atoms with Crippen molar-refractivity contribution in [1.29, 1.82) is 0 Å². The molecular formula is C38H58N8O7. The van der Waals surface area contributed by atoms with E-state index in [0.717, 1.165) is 0 Å². The first-order valence-electron chi connectivity index (χ1n) is 18.1. The number of primary amides is 1. The maximum atomic E-state index is 14.0. The van der Waals surface area contributed by atoms with Crippen LogP contribution in [0.1, 0.15) is 71.4 Å². The van der Waals surface area contributed by atoms with Gasteiger partial charge in [0.25, 0.3) is 0 Å². The number of aromatic hydroxyl groups is 1. The summed E-state index contributed by atoms with van der Waals surface area (Å²) >= 11 is 0. The lowest BCUT2D eigenvalue weighted by Gasteiger charge is -2.29. The first-order chi connectivity index (χ1) is 25.0. The summed E-state index contributed by atoms with van der Waals surface area (Å²) < 4.78 is 0. The quantitative estimate of drug-likeness (QED) is 0.0750. The van der Waals surface area contributed by atoms with E-state index in [1.807, 2.05) is 13.8 Å². The monoisotopic (exact) mass is 738 g/mol. The van der Waals surface area contributed by atoms with Crippen LogP contribution in [-0.4, -0.2) is 83.3 Å². The Balaban J connectivity index is 2.35. The normalized spacial score (nSPS) is 14.6. The molecule has 0 saturated heterocycles. The fourth-order valence-corrected chi connectivity index (χ4v) is 5.47. The first kappa shape index (κ1) is 44.1. The second-order valence-electron chi connectivity index (χ2n) is 14.1. The van der Waals surface area contributed by atoms with E-state index in [1.54, 1.807) is 56.3 Å². The molecule has 0 aliphatic heterocycles. The van der Waals surface area contributed by atoms with Crippen molar-refractivity contribution >= 4 is 35.4 Å². The summed E-state index contributed by atoms with van der Waals surface area (Å²) in [6.45, 7) is 9.16. The number of carbonyl (C=O) groups is 6. The highest BCUT2D eigenvalue weighted by Gasteiger charge is 2.34. The van der Waals surface area contributed by atoms with Gasteiger partial charge in [0, 0.05) is 12.8 Å². The number of nitrogens with two attached hydrogens (primary N) is 3. The van der Waals surface area contributed by atoms with Crippen LogP contribution in [0.25, 0.3) is 0 Å². The van der Waals surface area contributed by atoms with Crippen molar-refractivity contribution in [3.63, 3.8) is 0 Å². The third kappa shape index (κ3) is 15.6. The van der Waals surface area contributed by atoms with Crippen LogP contribution < -0.4 is 43.8 Å². The van der Waals surface area contributed by atoms with Crippen molar-refractivity contribution in [2.75, 3.05) is 6.54 Å². The van der Waals surface area contributed by atoms with E-state index in [1.165, 1.54) is 19.1 Å². The molecule has 0 fully saturated rings. The highest BCUT2D eigenvalue weighted by Crippen LogP contribution is 2.14. The molecule has 15 nitrogen and oxygen atoms in total. The minimum Gasteiger partial charge on any atom is -0.508 e. The van der Waals surface area contributed by atoms with E-state index < -0.39 is 77.6 Å². The Kier molecular flexibility index (Phi) is 18.4. The lowest BCUT2D eigenvalue weighted by molar-refractivity contribution is -0.135. The molecule has 12 N–H and O–H groups in total. The van der Waals surface area contributed by atoms with Crippen LogP contribution >= 0.6 is 0 Å². The number of hydrogen-bond donors (Lipinski definition) is 9. The summed E-state index contributed by atoms with van der Waals surface area (Å²) in [6.07, 6.45) is 2.09. The lowest BCUT2D eigenvalue weighted by atomic mass is 9.98. The lowest BCUT2D eigenvalue weighted by Crippen LogP contribution is -2.61. The van der Waals surface area contributed by atoms with E-state index in [-0.39, 0.29) is 30.9 Å². The van der Waals surface area contributed by atoms with Gasteiger partial charge in [-0.15, -0.1) is 0 Å². The van der Waals surface area contributed by atoms with Crippen LogP contribution in [0, 0.1) is 11.8 Å². The van der Waals surface area contributed by atoms with Crippen molar-refractivity contribution in [2.24, 2.45) is 29.0 Å².